The van der Waals surface area contributed by atoms with Crippen molar-refractivity contribution in [1.82, 2.24) is 9.97 Å². The number of ether oxygens (including phenoxy) is 1. The molecule has 1 aromatic carbocycles. The minimum atomic E-state index is -0.703. The van der Waals surface area contributed by atoms with E-state index in [2.05, 4.69) is 15.3 Å². The molecule has 0 radical (unpaired) electrons. The quantitative estimate of drug-likeness (QED) is 0.921. The number of benzene rings is 1. The number of hydrogen-bond acceptors (Lipinski definition) is 4. The molecule has 0 fully saturated rings. The van der Waals surface area contributed by atoms with Crippen LogP contribution in [-0.2, 0) is 0 Å². The fourth-order valence-corrected chi connectivity index (χ4v) is 1.45. The number of hydrogen-bond donors (Lipinski definition) is 1. The van der Waals surface area contributed by atoms with E-state index in [4.69, 9.17) is 4.74 Å². The van der Waals surface area contributed by atoms with Crippen LogP contribution >= 0.6 is 0 Å². The molecule has 0 saturated carbocycles. The van der Waals surface area contributed by atoms with Gasteiger partial charge in [0.15, 0.2) is 0 Å². The van der Waals surface area contributed by atoms with Crippen LogP contribution in [-0.4, -0.2) is 16.5 Å². The van der Waals surface area contributed by atoms with E-state index in [0.29, 0.717) is 12.1 Å². The van der Waals surface area contributed by atoms with Crippen LogP contribution in [0.2, 0.25) is 0 Å². The van der Waals surface area contributed by atoms with Crippen LogP contribution in [0.3, 0.4) is 0 Å². The predicted molar refractivity (Wildman–Crippen MR) is 67.4 cm³/mol. The summed E-state index contributed by atoms with van der Waals surface area (Å²) in [4.78, 5) is 7.65. The summed E-state index contributed by atoms with van der Waals surface area (Å²) in [6, 6.07) is 4.04. The molecular weight excluding hydrogens is 252 g/mol. The fourth-order valence-electron chi connectivity index (χ4n) is 1.45. The fraction of sp³-hybridized carbons (Fsp3) is 0.231. The molecule has 0 atom stereocenters. The molecule has 6 heteroatoms. The first-order valence-electron chi connectivity index (χ1n) is 5.80. The first-order valence-corrected chi connectivity index (χ1v) is 5.80. The van der Waals surface area contributed by atoms with E-state index in [1.165, 1.54) is 12.1 Å². The van der Waals surface area contributed by atoms with Gasteiger partial charge in [0, 0.05) is 12.6 Å². The Balaban J connectivity index is 2.31. The largest absolute Gasteiger partial charge is 0.436 e. The van der Waals surface area contributed by atoms with Crippen molar-refractivity contribution in [3.63, 3.8) is 0 Å². The van der Waals surface area contributed by atoms with Crippen LogP contribution in [0.1, 0.15) is 12.5 Å². The van der Waals surface area contributed by atoms with Gasteiger partial charge < -0.3 is 10.1 Å². The smallest absolute Gasteiger partial charge is 0.260 e. The lowest BCUT2D eigenvalue weighted by Gasteiger charge is -2.09. The number of rotatable bonds is 4. The van der Waals surface area contributed by atoms with Gasteiger partial charge in [-0.25, -0.2) is 9.37 Å². The van der Waals surface area contributed by atoms with E-state index in [-0.39, 0.29) is 17.6 Å². The van der Waals surface area contributed by atoms with Crippen LogP contribution in [0.4, 0.5) is 14.7 Å². The lowest BCUT2D eigenvalue weighted by molar-refractivity contribution is 0.415. The SMILES string of the molecule is CCNc1ncc(F)c(Oc2cc(F)ccc2C)n1. The van der Waals surface area contributed by atoms with Crippen molar-refractivity contribution < 1.29 is 13.5 Å². The summed E-state index contributed by atoms with van der Waals surface area (Å²) in [6.07, 6.45) is 1.01. The van der Waals surface area contributed by atoms with E-state index in [0.717, 1.165) is 6.20 Å². The van der Waals surface area contributed by atoms with Crippen molar-refractivity contribution in [1.29, 1.82) is 0 Å². The molecule has 0 aliphatic rings. The molecular formula is C13H13F2N3O. The van der Waals surface area contributed by atoms with E-state index in [1.54, 1.807) is 13.0 Å². The average Bonchev–Trinajstić information content (AvgIpc) is 2.38. The van der Waals surface area contributed by atoms with Crippen LogP contribution in [0, 0.1) is 18.6 Å². The molecule has 4 nitrogen and oxygen atoms in total. The molecule has 1 N–H and O–H groups in total. The maximum absolute atomic E-state index is 13.6. The second-order valence-corrected chi connectivity index (χ2v) is 3.89. The molecule has 1 heterocycles. The Morgan fingerprint density at radius 2 is 2.11 bits per heavy atom. The molecule has 0 saturated heterocycles. The summed E-state index contributed by atoms with van der Waals surface area (Å²) in [7, 11) is 0. The molecule has 19 heavy (non-hydrogen) atoms. The monoisotopic (exact) mass is 265 g/mol. The van der Waals surface area contributed by atoms with Gasteiger partial charge in [0.25, 0.3) is 5.88 Å². The molecule has 2 rings (SSSR count). The maximum atomic E-state index is 13.6. The highest BCUT2D eigenvalue weighted by Crippen LogP contribution is 2.26. The highest BCUT2D eigenvalue weighted by molar-refractivity contribution is 5.37. The second-order valence-electron chi connectivity index (χ2n) is 3.89. The van der Waals surface area contributed by atoms with Crippen LogP contribution in [0.25, 0.3) is 0 Å². The van der Waals surface area contributed by atoms with Crippen LogP contribution in [0.15, 0.2) is 24.4 Å². The lowest BCUT2D eigenvalue weighted by atomic mass is 10.2. The van der Waals surface area contributed by atoms with Crippen molar-refractivity contribution in [2.24, 2.45) is 0 Å². The topological polar surface area (TPSA) is 47.0 Å². The summed E-state index contributed by atoms with van der Waals surface area (Å²) in [5.41, 5.74) is 0.685. The van der Waals surface area contributed by atoms with Gasteiger partial charge in [-0.05, 0) is 25.5 Å². The molecule has 0 spiro atoms. The predicted octanol–water partition coefficient (Wildman–Crippen LogP) is 3.29. The van der Waals surface area contributed by atoms with Crippen molar-refractivity contribution in [2.75, 3.05) is 11.9 Å². The average molecular weight is 265 g/mol. The van der Waals surface area contributed by atoms with Gasteiger partial charge in [0.05, 0.1) is 6.20 Å². The first kappa shape index (κ1) is 13.2. The number of aryl methyl sites for hydroxylation is 1. The molecule has 2 aromatic rings. The third-order valence-electron chi connectivity index (χ3n) is 2.40. The normalized spacial score (nSPS) is 10.3. The van der Waals surface area contributed by atoms with E-state index in [9.17, 15) is 8.78 Å². The summed E-state index contributed by atoms with van der Waals surface area (Å²) >= 11 is 0. The zero-order chi connectivity index (χ0) is 13.8. The molecule has 1 aromatic heterocycles. The van der Waals surface area contributed by atoms with Gasteiger partial charge in [-0.2, -0.15) is 9.37 Å². The van der Waals surface area contributed by atoms with Crippen LogP contribution in [0.5, 0.6) is 11.6 Å². The van der Waals surface area contributed by atoms with Crippen LogP contribution < -0.4 is 10.1 Å². The zero-order valence-electron chi connectivity index (χ0n) is 10.6. The van der Waals surface area contributed by atoms with Crippen molar-refractivity contribution in [3.05, 3.63) is 41.6 Å². The lowest BCUT2D eigenvalue weighted by Crippen LogP contribution is -2.04. The number of halogens is 2. The van der Waals surface area contributed by atoms with Gasteiger partial charge in [-0.15, -0.1) is 0 Å². The van der Waals surface area contributed by atoms with Gasteiger partial charge in [-0.1, -0.05) is 6.07 Å². The number of nitrogens with zero attached hydrogens (tertiary/aromatic N) is 2. The third-order valence-corrected chi connectivity index (χ3v) is 2.40. The molecule has 0 aliphatic carbocycles. The molecule has 0 unspecified atom stereocenters. The maximum Gasteiger partial charge on any atom is 0.260 e. The Labute approximate surface area is 109 Å². The zero-order valence-corrected chi connectivity index (χ0v) is 10.6. The first-order chi connectivity index (χ1) is 9.10. The van der Waals surface area contributed by atoms with Crippen molar-refractivity contribution in [3.8, 4) is 11.6 Å². The summed E-state index contributed by atoms with van der Waals surface area (Å²) in [6.45, 7) is 4.20. The minimum Gasteiger partial charge on any atom is -0.436 e. The van der Waals surface area contributed by atoms with Gasteiger partial charge in [-0.3, -0.25) is 0 Å². The Kier molecular flexibility index (Phi) is 3.89. The standard InChI is InChI=1S/C13H13F2N3O/c1-3-16-13-17-7-10(15)12(18-13)19-11-6-9(14)5-4-8(11)2/h4-7H,3H2,1-2H3,(H,16,17,18). The summed E-state index contributed by atoms with van der Waals surface area (Å²) < 4.78 is 32.0. The van der Waals surface area contributed by atoms with E-state index in [1.807, 2.05) is 6.92 Å². The minimum absolute atomic E-state index is 0.222. The highest BCUT2D eigenvalue weighted by atomic mass is 19.1. The third kappa shape index (κ3) is 3.15. The van der Waals surface area contributed by atoms with Crippen molar-refractivity contribution in [2.45, 2.75) is 13.8 Å². The van der Waals surface area contributed by atoms with Gasteiger partial charge in [0.1, 0.15) is 11.6 Å². The number of aromatic nitrogens is 2. The number of anilines is 1. The van der Waals surface area contributed by atoms with E-state index >= 15 is 0 Å². The van der Waals surface area contributed by atoms with Crippen molar-refractivity contribution >= 4 is 5.95 Å². The highest BCUT2D eigenvalue weighted by Gasteiger charge is 2.11. The second kappa shape index (κ2) is 5.60. The Morgan fingerprint density at radius 3 is 2.84 bits per heavy atom. The molecule has 0 amide bonds. The van der Waals surface area contributed by atoms with Gasteiger partial charge in [0.2, 0.25) is 11.8 Å². The Bertz CT molecular complexity index is 590. The number of nitrogens with one attached hydrogen (secondary N) is 1. The molecule has 0 aliphatic heterocycles. The summed E-state index contributed by atoms with van der Waals surface area (Å²) in [5.74, 6) is -0.917. The Morgan fingerprint density at radius 1 is 1.32 bits per heavy atom. The van der Waals surface area contributed by atoms with Gasteiger partial charge >= 0.3 is 0 Å². The Hall–Kier alpha value is -2.24. The molecule has 0 bridgehead atoms. The van der Waals surface area contributed by atoms with E-state index < -0.39 is 11.6 Å². The summed E-state index contributed by atoms with van der Waals surface area (Å²) in [5, 5.41) is 2.84. The molecule has 100 valence electrons.